The largest absolute Gasteiger partial charge is 0.490 e. The van der Waals surface area contributed by atoms with Crippen molar-refractivity contribution in [2.24, 2.45) is 5.73 Å². The highest BCUT2D eigenvalue weighted by Gasteiger charge is 2.50. The van der Waals surface area contributed by atoms with E-state index in [0.717, 1.165) is 36.8 Å². The number of Topliss-reactive ketones (excluding diaryl/α,β-unsaturated/α-hetero) is 1. The maximum absolute atomic E-state index is 12.6. The van der Waals surface area contributed by atoms with E-state index < -0.39 is 72.1 Å². The number of aliphatic hydroxyl groups excluding tert-OH is 2. The fourth-order valence-electron chi connectivity index (χ4n) is 3.58. The first-order valence-electron chi connectivity index (χ1n) is 11.3. The number of amides is 2. The third kappa shape index (κ3) is 9.54. The molecule has 7 atom stereocenters. The number of ether oxygens (including phenoxy) is 1. The Hall–Kier alpha value is -1.07. The van der Waals surface area contributed by atoms with Crippen LogP contribution in [0.3, 0.4) is 0 Å². The summed E-state index contributed by atoms with van der Waals surface area (Å²) in [6, 6.07) is -0.959. The van der Waals surface area contributed by atoms with Crippen LogP contribution >= 0.6 is 23.5 Å². The Balaban J connectivity index is 1.98. The van der Waals surface area contributed by atoms with E-state index in [1.165, 1.54) is 6.08 Å². The highest BCUT2D eigenvalue weighted by atomic mass is 31.3. The Morgan fingerprint density at radius 3 is 2.29 bits per heavy atom. The molecule has 0 aromatic heterocycles. The predicted octanol–water partition coefficient (Wildman–Crippen LogP) is -0.100. The van der Waals surface area contributed by atoms with Gasteiger partial charge in [-0.15, -0.1) is 0 Å². The van der Waals surface area contributed by atoms with Crippen LogP contribution in [0, 0.1) is 0 Å². The summed E-state index contributed by atoms with van der Waals surface area (Å²) in [6.07, 6.45) is -0.00165. The summed E-state index contributed by atoms with van der Waals surface area (Å²) in [5, 5.41) is 22.9. The van der Waals surface area contributed by atoms with Gasteiger partial charge in [0, 0.05) is 12.6 Å². The number of nitrogens with zero attached hydrogens (tertiary/aromatic N) is 1. The molecule has 1 fully saturated rings. The molecular formula is C17H32N3O15P3. The first kappa shape index (κ1) is 33.1. The van der Waals surface area contributed by atoms with E-state index in [-0.39, 0.29) is 6.42 Å². The lowest BCUT2D eigenvalue weighted by Crippen LogP contribution is -2.66. The number of unbranched alkanes of at least 4 members (excludes halogenated alkanes) is 4. The van der Waals surface area contributed by atoms with Crippen molar-refractivity contribution in [3.05, 3.63) is 12.3 Å². The molecule has 0 aromatic carbocycles. The van der Waals surface area contributed by atoms with Crippen molar-refractivity contribution in [1.82, 2.24) is 10.2 Å². The molecule has 220 valence electrons. The lowest BCUT2D eigenvalue weighted by molar-refractivity contribution is -0.124. The zero-order chi connectivity index (χ0) is 28.9. The third-order valence-electron chi connectivity index (χ3n) is 5.44. The number of hydrogen-bond acceptors (Lipinski definition) is 12. The van der Waals surface area contributed by atoms with Crippen molar-refractivity contribution >= 4 is 35.3 Å². The number of carbonyl (C=O) groups excluding carboxylic acids is 2. The van der Waals surface area contributed by atoms with E-state index in [0.29, 0.717) is 6.42 Å². The van der Waals surface area contributed by atoms with Gasteiger partial charge >= 0.3 is 29.5 Å². The minimum absolute atomic E-state index is 0.120. The second kappa shape index (κ2) is 13.1. The van der Waals surface area contributed by atoms with Gasteiger partial charge in [-0.2, -0.15) is 8.62 Å². The molecule has 3 unspecified atom stereocenters. The Kier molecular flexibility index (Phi) is 11.4. The fourth-order valence-corrected chi connectivity index (χ4v) is 6.61. The molecule has 2 amide bonds. The molecule has 1 saturated heterocycles. The number of rotatable bonds is 15. The minimum Gasteiger partial charge on any atom is -0.387 e. The van der Waals surface area contributed by atoms with Crippen LogP contribution in [0.4, 0.5) is 4.79 Å². The molecule has 18 nitrogen and oxygen atoms in total. The van der Waals surface area contributed by atoms with Crippen LogP contribution in [0.25, 0.3) is 0 Å². The summed E-state index contributed by atoms with van der Waals surface area (Å²) >= 11 is 0. The van der Waals surface area contributed by atoms with Crippen LogP contribution in [-0.4, -0.2) is 83.3 Å². The van der Waals surface area contributed by atoms with Gasteiger partial charge in [-0.05, 0) is 12.5 Å². The summed E-state index contributed by atoms with van der Waals surface area (Å²) in [5.41, 5.74) is 4.22. The molecule has 0 aromatic rings. The summed E-state index contributed by atoms with van der Waals surface area (Å²) in [5.74, 6) is -0.444. The monoisotopic (exact) mass is 611 g/mol. The van der Waals surface area contributed by atoms with Gasteiger partial charge in [0.25, 0.3) is 0 Å². The topological polar surface area (TPSA) is 285 Å². The normalized spacial score (nSPS) is 31.1. The van der Waals surface area contributed by atoms with Crippen LogP contribution < -0.4 is 11.1 Å². The highest BCUT2D eigenvalue weighted by molar-refractivity contribution is 7.66. The van der Waals surface area contributed by atoms with Gasteiger partial charge in [-0.3, -0.25) is 20.0 Å². The zero-order valence-corrected chi connectivity index (χ0v) is 22.8. The second-order valence-electron chi connectivity index (χ2n) is 8.54. The van der Waals surface area contributed by atoms with E-state index in [4.69, 9.17) is 25.2 Å². The summed E-state index contributed by atoms with van der Waals surface area (Å²) in [4.78, 5) is 61.8. The Labute approximate surface area is 217 Å². The zero-order valence-electron chi connectivity index (χ0n) is 20.1. The molecule has 0 aliphatic carbocycles. The molecule has 0 radical (unpaired) electrons. The summed E-state index contributed by atoms with van der Waals surface area (Å²) in [7, 11) is -16.9. The van der Waals surface area contributed by atoms with Gasteiger partial charge in [0.2, 0.25) is 0 Å². The molecule has 2 heterocycles. The number of phosphoric ester groups is 1. The molecule has 9 N–H and O–H groups in total. The van der Waals surface area contributed by atoms with Gasteiger partial charge < -0.3 is 39.8 Å². The Morgan fingerprint density at radius 1 is 1.08 bits per heavy atom. The van der Waals surface area contributed by atoms with Crippen LogP contribution in [0.1, 0.15) is 45.4 Å². The molecule has 2 aliphatic heterocycles. The van der Waals surface area contributed by atoms with E-state index in [2.05, 4.69) is 25.4 Å². The smallest absolute Gasteiger partial charge is 0.387 e. The number of ketones is 1. The van der Waals surface area contributed by atoms with E-state index in [9.17, 15) is 38.4 Å². The van der Waals surface area contributed by atoms with Gasteiger partial charge in [0.1, 0.15) is 18.3 Å². The number of carbonyl (C=O) groups is 2. The van der Waals surface area contributed by atoms with Gasteiger partial charge in [-0.25, -0.2) is 18.5 Å². The SMILES string of the molecule is CCCCCCCC(=O)C1(N)C=CN([C@@H]2O[C@H](COP(=O)(O)OP(=O)(O)OP(=O)(O)O)[C@@H](O)[C@H]2O)C(=O)N1. The number of nitrogens with two attached hydrogens (primary N) is 1. The van der Waals surface area contributed by atoms with Crippen molar-refractivity contribution in [2.75, 3.05) is 6.61 Å². The first-order valence-corrected chi connectivity index (χ1v) is 15.8. The molecular weight excluding hydrogens is 579 g/mol. The average Bonchev–Trinajstić information content (AvgIpc) is 3.03. The van der Waals surface area contributed by atoms with Crippen molar-refractivity contribution in [1.29, 1.82) is 0 Å². The third-order valence-corrected chi connectivity index (χ3v) is 9.25. The highest BCUT2D eigenvalue weighted by Crippen LogP contribution is 2.66. The van der Waals surface area contributed by atoms with Crippen LogP contribution in [0.2, 0.25) is 0 Å². The average molecular weight is 611 g/mol. The fraction of sp³-hybridized carbons (Fsp3) is 0.765. The van der Waals surface area contributed by atoms with Crippen LogP contribution in [0.5, 0.6) is 0 Å². The number of nitrogens with one attached hydrogen (secondary N) is 1. The molecule has 21 heteroatoms. The van der Waals surface area contributed by atoms with E-state index in [1.807, 2.05) is 0 Å². The summed E-state index contributed by atoms with van der Waals surface area (Å²) < 4.78 is 50.8. The van der Waals surface area contributed by atoms with Crippen LogP contribution in [0.15, 0.2) is 12.3 Å². The van der Waals surface area contributed by atoms with Gasteiger partial charge in [0.05, 0.1) is 6.61 Å². The predicted molar refractivity (Wildman–Crippen MR) is 125 cm³/mol. The van der Waals surface area contributed by atoms with Crippen molar-refractivity contribution in [2.45, 2.75) is 75.7 Å². The maximum atomic E-state index is 12.6. The van der Waals surface area contributed by atoms with Crippen molar-refractivity contribution < 1.29 is 71.0 Å². The number of aliphatic hydroxyl groups is 2. The first-order chi connectivity index (χ1) is 17.4. The van der Waals surface area contributed by atoms with Gasteiger partial charge in [0.15, 0.2) is 17.7 Å². The maximum Gasteiger partial charge on any atom is 0.490 e. The standard InChI is InChI=1S/C17H32N3O15P3/c1-2-3-4-5-6-7-12(21)17(18)8-9-20(16(24)19-17)15-14(23)13(22)11(33-15)10-32-37(28,29)35-38(30,31)34-36(25,26)27/h8-9,11,13-15,22-23H,2-7,10,18H2,1H3,(H,19,24)(H,28,29)(H,30,31)(H2,25,26,27)/t11-,13-,14-,15-,17?/m1/s1. The molecule has 0 saturated carbocycles. The molecule has 0 bridgehead atoms. The molecule has 2 rings (SSSR count). The number of hydrogen-bond donors (Lipinski definition) is 8. The Bertz CT molecular complexity index is 1040. The summed E-state index contributed by atoms with van der Waals surface area (Å²) in [6.45, 7) is 0.992. The lowest BCUT2D eigenvalue weighted by Gasteiger charge is -2.36. The quantitative estimate of drug-likeness (QED) is 0.0886. The van der Waals surface area contributed by atoms with Crippen LogP contribution in [-0.2, 0) is 36.4 Å². The van der Waals surface area contributed by atoms with Crippen molar-refractivity contribution in [3.8, 4) is 0 Å². The number of urea groups is 1. The molecule has 38 heavy (non-hydrogen) atoms. The number of phosphoric acid groups is 3. The second-order valence-corrected chi connectivity index (χ2v) is 13.0. The molecule has 2 aliphatic rings. The Morgan fingerprint density at radius 2 is 1.71 bits per heavy atom. The van der Waals surface area contributed by atoms with Crippen molar-refractivity contribution in [3.63, 3.8) is 0 Å². The molecule has 0 spiro atoms. The van der Waals surface area contributed by atoms with E-state index >= 15 is 0 Å². The van der Waals surface area contributed by atoms with Gasteiger partial charge in [-0.1, -0.05) is 32.6 Å². The lowest BCUT2D eigenvalue weighted by atomic mass is 9.98. The minimum atomic E-state index is -5.76. The van der Waals surface area contributed by atoms with E-state index in [1.54, 1.807) is 0 Å².